The molecule has 2 aliphatic heterocycles. The Labute approximate surface area is 200 Å². The zero-order valence-electron chi connectivity index (χ0n) is 17.5. The molecule has 11 heteroatoms. The number of halogens is 2. The summed E-state index contributed by atoms with van der Waals surface area (Å²) in [7, 11) is 2.03. The average Bonchev–Trinajstić information content (AvgIpc) is 3.38. The van der Waals surface area contributed by atoms with Gasteiger partial charge in [0.1, 0.15) is 5.54 Å². The molecule has 172 valence electrons. The summed E-state index contributed by atoms with van der Waals surface area (Å²) < 4.78 is 11.2. The normalized spacial score (nSPS) is 21.4. The largest absolute Gasteiger partial charge is 0.414 e. The zero-order chi connectivity index (χ0) is 22.7. The maximum Gasteiger partial charge on any atom is 0.414 e. The average molecular weight is 499 g/mol. The van der Waals surface area contributed by atoms with E-state index in [-0.39, 0.29) is 6.61 Å². The number of ether oxygens (including phenoxy) is 2. The second-order valence-corrected chi connectivity index (χ2v) is 9.87. The lowest BCUT2D eigenvalue weighted by molar-refractivity contribution is -0.122. The summed E-state index contributed by atoms with van der Waals surface area (Å²) in [5.74, 6) is -0.393. The lowest BCUT2D eigenvalue weighted by Crippen LogP contribution is -2.58. The molecular formula is C21H24Cl2N4O4S. The van der Waals surface area contributed by atoms with Crippen LogP contribution in [0.3, 0.4) is 0 Å². The van der Waals surface area contributed by atoms with Crippen LogP contribution in [0, 0.1) is 0 Å². The van der Waals surface area contributed by atoms with Gasteiger partial charge in [-0.2, -0.15) is 0 Å². The van der Waals surface area contributed by atoms with Crippen molar-refractivity contribution >= 4 is 57.9 Å². The molecule has 8 nitrogen and oxygen atoms in total. The molecule has 32 heavy (non-hydrogen) atoms. The van der Waals surface area contributed by atoms with Crippen LogP contribution in [0.2, 0.25) is 9.36 Å². The third-order valence-electron chi connectivity index (χ3n) is 5.54. The Kier molecular flexibility index (Phi) is 7.11. The molecule has 0 spiro atoms. The number of hydrazine groups is 1. The molecule has 2 N–H and O–H groups in total. The highest BCUT2D eigenvalue weighted by Crippen LogP contribution is 2.32. The number of hydrogen-bond donors (Lipinski definition) is 2. The van der Waals surface area contributed by atoms with E-state index in [1.807, 2.05) is 13.1 Å². The summed E-state index contributed by atoms with van der Waals surface area (Å²) in [6.07, 6.45) is 1.83. The van der Waals surface area contributed by atoms with E-state index in [1.54, 1.807) is 24.3 Å². The van der Waals surface area contributed by atoms with E-state index in [4.69, 9.17) is 32.7 Å². The fraction of sp³-hybridized carbons (Fsp3) is 0.429. The van der Waals surface area contributed by atoms with Crippen molar-refractivity contribution < 1.29 is 19.1 Å². The summed E-state index contributed by atoms with van der Waals surface area (Å²) >= 11 is 13.5. The first-order chi connectivity index (χ1) is 15.4. The van der Waals surface area contributed by atoms with Crippen molar-refractivity contribution in [3.8, 4) is 5.06 Å². The topological polar surface area (TPSA) is 83.1 Å². The molecule has 2 amide bonds. The van der Waals surface area contributed by atoms with E-state index >= 15 is 0 Å². The highest BCUT2D eigenvalue weighted by molar-refractivity contribution is 7.17. The molecule has 2 aliphatic rings. The van der Waals surface area contributed by atoms with Crippen molar-refractivity contribution in [3.05, 3.63) is 39.7 Å². The number of carbonyl (C=O) groups excluding carboxylic acids is 2. The first-order valence-corrected chi connectivity index (χ1v) is 11.9. The van der Waals surface area contributed by atoms with Gasteiger partial charge >= 0.3 is 6.09 Å². The molecule has 2 aromatic rings. The highest BCUT2D eigenvalue weighted by atomic mass is 35.5. The molecule has 4 rings (SSSR count). The van der Waals surface area contributed by atoms with E-state index in [1.165, 1.54) is 0 Å². The van der Waals surface area contributed by atoms with Gasteiger partial charge in [-0.15, -0.1) is 0 Å². The first kappa shape index (κ1) is 23.1. The predicted octanol–water partition coefficient (Wildman–Crippen LogP) is 4.39. The summed E-state index contributed by atoms with van der Waals surface area (Å²) in [5.41, 5.74) is 0.188. The van der Waals surface area contributed by atoms with Gasteiger partial charge < -0.3 is 25.1 Å². The van der Waals surface area contributed by atoms with Crippen molar-refractivity contribution in [1.82, 2.24) is 10.3 Å². The third kappa shape index (κ3) is 5.13. The van der Waals surface area contributed by atoms with E-state index in [2.05, 4.69) is 20.7 Å². The molecular weight excluding hydrogens is 475 g/mol. The van der Waals surface area contributed by atoms with Crippen molar-refractivity contribution in [3.63, 3.8) is 0 Å². The highest BCUT2D eigenvalue weighted by Gasteiger charge is 2.44. The Morgan fingerprint density at radius 2 is 2.00 bits per heavy atom. The van der Waals surface area contributed by atoms with Crippen LogP contribution in [0.1, 0.15) is 19.3 Å². The maximum absolute atomic E-state index is 13.1. The lowest BCUT2D eigenvalue weighted by Gasteiger charge is -2.38. The Balaban J connectivity index is 1.44. The number of carbonyl (C=O) groups is 2. The number of anilines is 2. The van der Waals surface area contributed by atoms with Gasteiger partial charge in [-0.05, 0) is 43.2 Å². The molecule has 1 aromatic carbocycles. The number of rotatable bonds is 5. The van der Waals surface area contributed by atoms with Crippen LogP contribution in [0.25, 0.3) is 0 Å². The fourth-order valence-electron chi connectivity index (χ4n) is 3.81. The molecule has 0 bridgehead atoms. The fourth-order valence-corrected chi connectivity index (χ4v) is 4.96. The van der Waals surface area contributed by atoms with Crippen molar-refractivity contribution in [2.45, 2.75) is 24.8 Å². The molecule has 1 aromatic heterocycles. The molecule has 0 saturated carbocycles. The van der Waals surface area contributed by atoms with Gasteiger partial charge in [-0.3, -0.25) is 4.79 Å². The summed E-state index contributed by atoms with van der Waals surface area (Å²) in [5, 5.41) is 10.7. The number of thiophene rings is 1. The Morgan fingerprint density at radius 3 is 2.66 bits per heavy atom. The van der Waals surface area contributed by atoms with Gasteiger partial charge in [0.25, 0.3) is 5.91 Å². The Morgan fingerprint density at radius 1 is 1.19 bits per heavy atom. The van der Waals surface area contributed by atoms with Gasteiger partial charge in [0, 0.05) is 38.9 Å². The second-order valence-electron chi connectivity index (χ2n) is 7.79. The molecule has 0 radical (unpaired) electrons. The zero-order valence-corrected chi connectivity index (χ0v) is 19.9. The molecule has 1 atom stereocenters. The van der Waals surface area contributed by atoms with Gasteiger partial charge in [0.2, 0.25) is 0 Å². The minimum atomic E-state index is -1.24. The number of hydrogen-bond acceptors (Lipinski definition) is 7. The third-order valence-corrected chi connectivity index (χ3v) is 6.95. The van der Waals surface area contributed by atoms with Gasteiger partial charge in [0.05, 0.1) is 21.7 Å². The Bertz CT molecular complexity index is 996. The van der Waals surface area contributed by atoms with E-state index in [9.17, 15) is 9.59 Å². The maximum atomic E-state index is 13.1. The summed E-state index contributed by atoms with van der Waals surface area (Å²) in [6, 6.07) is 8.63. The smallest absolute Gasteiger partial charge is 0.399 e. The SMILES string of the molecule is CN1CCCCN1c1ccc(NC(=O)C2(NC(=O)Oc3ccc(Cl)s3)CCOC2)cc1Cl. The van der Waals surface area contributed by atoms with Crippen LogP contribution in [0.4, 0.5) is 16.2 Å². The molecule has 2 fully saturated rings. The molecule has 3 heterocycles. The molecule has 0 aliphatic carbocycles. The van der Waals surface area contributed by atoms with E-state index < -0.39 is 17.5 Å². The lowest BCUT2D eigenvalue weighted by atomic mass is 9.97. The minimum absolute atomic E-state index is 0.0452. The van der Waals surface area contributed by atoms with Crippen LogP contribution in [0.15, 0.2) is 30.3 Å². The quantitative estimate of drug-likeness (QED) is 0.635. The van der Waals surface area contributed by atoms with Crippen LogP contribution in [-0.4, -0.2) is 55.9 Å². The number of benzene rings is 1. The first-order valence-electron chi connectivity index (χ1n) is 10.3. The van der Waals surface area contributed by atoms with Crippen molar-refractivity contribution in [1.29, 1.82) is 0 Å². The van der Waals surface area contributed by atoms with E-state index in [0.717, 1.165) is 43.0 Å². The molecule has 1 unspecified atom stereocenters. The number of nitrogens with zero attached hydrogens (tertiary/aromatic N) is 2. The Hall–Kier alpha value is -2.04. The summed E-state index contributed by atoms with van der Waals surface area (Å²) in [6.45, 7) is 2.25. The van der Waals surface area contributed by atoms with Gasteiger partial charge in [0.15, 0.2) is 5.06 Å². The predicted molar refractivity (Wildman–Crippen MR) is 126 cm³/mol. The van der Waals surface area contributed by atoms with Crippen LogP contribution in [0.5, 0.6) is 5.06 Å². The summed E-state index contributed by atoms with van der Waals surface area (Å²) in [4.78, 5) is 25.5. The van der Waals surface area contributed by atoms with Gasteiger partial charge in [-0.1, -0.05) is 34.5 Å². The van der Waals surface area contributed by atoms with Crippen LogP contribution >= 0.6 is 34.5 Å². The van der Waals surface area contributed by atoms with E-state index in [0.29, 0.717) is 33.1 Å². The van der Waals surface area contributed by atoms with Crippen molar-refractivity contribution in [2.75, 3.05) is 43.7 Å². The number of nitrogens with one attached hydrogen (secondary N) is 2. The van der Waals surface area contributed by atoms with Crippen LogP contribution < -0.4 is 20.4 Å². The minimum Gasteiger partial charge on any atom is -0.399 e. The van der Waals surface area contributed by atoms with Crippen molar-refractivity contribution in [2.24, 2.45) is 0 Å². The number of amides is 2. The van der Waals surface area contributed by atoms with Gasteiger partial charge in [-0.25, -0.2) is 9.80 Å². The second kappa shape index (κ2) is 9.84. The van der Waals surface area contributed by atoms with Crippen LogP contribution in [-0.2, 0) is 9.53 Å². The monoisotopic (exact) mass is 498 g/mol. The standard InChI is InChI=1S/C21H24Cl2N4O4S/c1-26-9-2-3-10-27(26)16-5-4-14(12-15(16)22)24-19(28)21(8-11-30-13-21)25-20(29)31-18-7-6-17(23)32-18/h4-7,12H,2-3,8-11,13H2,1H3,(H,24,28)(H,25,29). The molecule has 2 saturated heterocycles.